The van der Waals surface area contributed by atoms with E-state index in [1.165, 1.54) is 26.1 Å². The number of benzene rings is 1. The van der Waals surface area contributed by atoms with Crippen molar-refractivity contribution < 1.29 is 19.1 Å². The van der Waals surface area contributed by atoms with Crippen molar-refractivity contribution in [2.45, 2.75) is 25.8 Å². The normalized spacial score (nSPS) is 14.4. The van der Waals surface area contributed by atoms with Gasteiger partial charge < -0.3 is 14.8 Å². The predicted octanol–water partition coefficient (Wildman–Crippen LogP) is 2.82. The number of nitrogens with zero attached hydrogens (tertiary/aromatic N) is 1. The number of aromatic nitrogens is 1. The van der Waals surface area contributed by atoms with E-state index in [0.717, 1.165) is 5.56 Å². The summed E-state index contributed by atoms with van der Waals surface area (Å²) in [7, 11) is 1.30. The summed E-state index contributed by atoms with van der Waals surface area (Å²) in [5.74, 6) is 0.0952. The smallest absolute Gasteiger partial charge is 0.333 e. The van der Waals surface area contributed by atoms with Gasteiger partial charge in [-0.1, -0.05) is 29.8 Å². The summed E-state index contributed by atoms with van der Waals surface area (Å²) in [5, 5.41) is 2.74. The molecule has 1 amide bonds. The number of hydrogen-bond donors (Lipinski definition) is 1. The zero-order valence-corrected chi connectivity index (χ0v) is 14.9. The molecule has 0 radical (unpaired) electrons. The minimum Gasteiger partial charge on any atom is -0.477 e. The first-order valence-electron chi connectivity index (χ1n) is 8.61. The Balaban J connectivity index is 1.74. The Morgan fingerprint density at radius 2 is 2.08 bits per heavy atom. The zero-order chi connectivity index (χ0) is 18.5. The molecule has 0 bridgehead atoms. The van der Waals surface area contributed by atoms with Gasteiger partial charge in [-0.2, -0.15) is 0 Å². The summed E-state index contributed by atoms with van der Waals surface area (Å²) < 4.78 is 10.5. The van der Waals surface area contributed by atoms with Crippen LogP contribution in [0.5, 0.6) is 5.88 Å². The molecular weight excluding hydrogens is 332 g/mol. The molecule has 0 spiro atoms. The number of nitrogens with one attached hydrogen (secondary N) is 1. The molecule has 6 heteroatoms. The Kier molecular flexibility index (Phi) is 5.51. The second kappa shape index (κ2) is 7.99. The highest BCUT2D eigenvalue weighted by Crippen LogP contribution is 2.29. The molecule has 1 fully saturated rings. The van der Waals surface area contributed by atoms with Crippen LogP contribution in [0.3, 0.4) is 0 Å². The van der Waals surface area contributed by atoms with E-state index in [-0.39, 0.29) is 5.91 Å². The second-order valence-electron chi connectivity index (χ2n) is 6.48. The van der Waals surface area contributed by atoms with E-state index in [4.69, 9.17) is 9.47 Å². The van der Waals surface area contributed by atoms with Crippen LogP contribution in [0.15, 0.2) is 42.6 Å². The molecule has 26 heavy (non-hydrogen) atoms. The maximum absolute atomic E-state index is 12.6. The lowest BCUT2D eigenvalue weighted by Crippen LogP contribution is -2.34. The van der Waals surface area contributed by atoms with Crippen molar-refractivity contribution in [2.75, 3.05) is 13.7 Å². The van der Waals surface area contributed by atoms with Gasteiger partial charge in [0.05, 0.1) is 13.7 Å². The van der Waals surface area contributed by atoms with Crippen LogP contribution in [0.4, 0.5) is 0 Å². The molecule has 3 rings (SSSR count). The molecule has 2 aromatic rings. The van der Waals surface area contributed by atoms with E-state index in [1.54, 1.807) is 18.2 Å². The van der Waals surface area contributed by atoms with Gasteiger partial charge in [0.2, 0.25) is 5.88 Å². The van der Waals surface area contributed by atoms with Crippen LogP contribution in [-0.4, -0.2) is 30.6 Å². The number of amides is 1. The number of carbonyl (C=O) groups is 2. The Morgan fingerprint density at radius 1 is 1.27 bits per heavy atom. The maximum Gasteiger partial charge on any atom is 0.333 e. The minimum atomic E-state index is -0.878. The van der Waals surface area contributed by atoms with Crippen LogP contribution in [0.1, 0.15) is 40.4 Å². The molecule has 1 N–H and O–H groups in total. The standard InChI is InChI=1S/C20H22N2O4/c1-13-4-3-5-15(10-13)18(20(24)25-2)22-19(23)16-8-9-21-17(11-16)26-12-14-6-7-14/h3-5,8-11,14,18H,6-7,12H2,1-2H3,(H,22,23). The molecule has 1 aromatic heterocycles. The Labute approximate surface area is 152 Å². The fraction of sp³-hybridized carbons (Fsp3) is 0.350. The van der Waals surface area contributed by atoms with Gasteiger partial charge >= 0.3 is 5.97 Å². The molecule has 0 aliphatic heterocycles. The topological polar surface area (TPSA) is 77.5 Å². The van der Waals surface area contributed by atoms with Gasteiger partial charge in [-0.3, -0.25) is 4.79 Å². The lowest BCUT2D eigenvalue weighted by atomic mass is 10.0. The summed E-state index contributed by atoms with van der Waals surface area (Å²) in [6.07, 6.45) is 3.88. The Bertz CT molecular complexity index is 802. The first-order chi connectivity index (χ1) is 12.6. The van der Waals surface area contributed by atoms with Crippen LogP contribution >= 0.6 is 0 Å². The van der Waals surface area contributed by atoms with Crippen LogP contribution in [0, 0.1) is 12.8 Å². The molecule has 1 unspecified atom stereocenters. The number of pyridine rings is 1. The molecule has 1 aliphatic carbocycles. The molecule has 1 heterocycles. The molecule has 1 atom stereocenters. The minimum absolute atomic E-state index is 0.382. The number of rotatable bonds is 7. The highest BCUT2D eigenvalue weighted by molar-refractivity contribution is 5.97. The van der Waals surface area contributed by atoms with Crippen molar-refractivity contribution in [1.82, 2.24) is 10.3 Å². The number of carbonyl (C=O) groups excluding carboxylic acids is 2. The van der Waals surface area contributed by atoms with Gasteiger partial charge in [-0.05, 0) is 37.3 Å². The molecule has 1 aromatic carbocycles. The Morgan fingerprint density at radius 3 is 2.77 bits per heavy atom. The van der Waals surface area contributed by atoms with Gasteiger partial charge in [-0.25, -0.2) is 9.78 Å². The summed E-state index contributed by atoms with van der Waals surface area (Å²) in [5.41, 5.74) is 2.04. The van der Waals surface area contributed by atoms with E-state index >= 15 is 0 Å². The molecule has 0 saturated heterocycles. The monoisotopic (exact) mass is 354 g/mol. The highest BCUT2D eigenvalue weighted by atomic mass is 16.5. The van der Waals surface area contributed by atoms with Gasteiger partial charge in [0.15, 0.2) is 6.04 Å². The summed E-state index contributed by atoms with van der Waals surface area (Å²) in [4.78, 5) is 28.9. The quantitative estimate of drug-likeness (QED) is 0.774. The van der Waals surface area contributed by atoms with E-state index in [2.05, 4.69) is 10.3 Å². The average Bonchev–Trinajstić information content (AvgIpc) is 3.48. The van der Waals surface area contributed by atoms with Crippen molar-refractivity contribution >= 4 is 11.9 Å². The largest absolute Gasteiger partial charge is 0.477 e. The lowest BCUT2D eigenvalue weighted by Gasteiger charge is -2.17. The van der Waals surface area contributed by atoms with E-state index in [0.29, 0.717) is 29.5 Å². The second-order valence-corrected chi connectivity index (χ2v) is 6.48. The van der Waals surface area contributed by atoms with Crippen LogP contribution in [0.2, 0.25) is 0 Å². The Hall–Kier alpha value is -2.89. The van der Waals surface area contributed by atoms with Crippen molar-refractivity contribution in [3.63, 3.8) is 0 Å². The number of hydrogen-bond acceptors (Lipinski definition) is 5. The lowest BCUT2D eigenvalue weighted by molar-refractivity contribution is -0.143. The maximum atomic E-state index is 12.6. The van der Waals surface area contributed by atoms with E-state index < -0.39 is 12.0 Å². The van der Waals surface area contributed by atoms with E-state index in [9.17, 15) is 9.59 Å². The van der Waals surface area contributed by atoms with Crippen LogP contribution in [0.25, 0.3) is 0 Å². The van der Waals surface area contributed by atoms with Crippen molar-refractivity contribution in [2.24, 2.45) is 5.92 Å². The molecular formula is C20H22N2O4. The van der Waals surface area contributed by atoms with Crippen molar-refractivity contribution in [1.29, 1.82) is 0 Å². The number of esters is 1. The van der Waals surface area contributed by atoms with Gasteiger partial charge in [0.1, 0.15) is 0 Å². The summed E-state index contributed by atoms with van der Waals surface area (Å²) in [6.45, 7) is 2.54. The van der Waals surface area contributed by atoms with Crippen molar-refractivity contribution in [3.05, 3.63) is 59.3 Å². The third kappa shape index (κ3) is 4.59. The average molecular weight is 354 g/mol. The van der Waals surface area contributed by atoms with E-state index in [1.807, 2.05) is 25.1 Å². The molecule has 136 valence electrons. The third-order valence-electron chi connectivity index (χ3n) is 4.25. The third-order valence-corrected chi connectivity index (χ3v) is 4.25. The van der Waals surface area contributed by atoms with Crippen LogP contribution < -0.4 is 10.1 Å². The predicted molar refractivity (Wildman–Crippen MR) is 95.9 cm³/mol. The first kappa shape index (κ1) is 17.9. The van der Waals surface area contributed by atoms with Gasteiger partial charge in [0, 0.05) is 17.8 Å². The molecule has 1 aliphatic rings. The molecule has 6 nitrogen and oxygen atoms in total. The first-order valence-corrected chi connectivity index (χ1v) is 8.61. The zero-order valence-electron chi connectivity index (χ0n) is 14.9. The fourth-order valence-electron chi connectivity index (χ4n) is 2.58. The number of aryl methyl sites for hydroxylation is 1. The van der Waals surface area contributed by atoms with Crippen molar-refractivity contribution in [3.8, 4) is 5.88 Å². The molecule has 1 saturated carbocycles. The number of ether oxygens (including phenoxy) is 2. The highest BCUT2D eigenvalue weighted by Gasteiger charge is 2.25. The van der Waals surface area contributed by atoms with Crippen LogP contribution in [-0.2, 0) is 9.53 Å². The summed E-state index contributed by atoms with van der Waals surface area (Å²) >= 11 is 0. The SMILES string of the molecule is COC(=O)C(NC(=O)c1ccnc(OCC2CC2)c1)c1cccc(C)c1. The van der Waals surface area contributed by atoms with Gasteiger partial charge in [0.25, 0.3) is 5.91 Å². The summed E-state index contributed by atoms with van der Waals surface area (Å²) in [6, 6.07) is 9.68. The number of methoxy groups -OCH3 is 1. The van der Waals surface area contributed by atoms with Gasteiger partial charge in [-0.15, -0.1) is 0 Å². The fourth-order valence-corrected chi connectivity index (χ4v) is 2.58.